The number of imidazole rings is 1. The van der Waals surface area contributed by atoms with Crippen LogP contribution in [0.2, 0.25) is 10.6 Å². The molecule has 1 aromatic carbocycles. The molecule has 1 atom stereocenters. The summed E-state index contributed by atoms with van der Waals surface area (Å²) in [5.74, 6) is 0. The van der Waals surface area contributed by atoms with Gasteiger partial charge in [0.15, 0.2) is 5.65 Å². The second-order valence-corrected chi connectivity index (χ2v) is 6.13. The van der Waals surface area contributed by atoms with Gasteiger partial charge in [-0.25, -0.2) is 9.97 Å². The van der Waals surface area contributed by atoms with Crippen molar-refractivity contribution in [3.8, 4) is 11.3 Å². The van der Waals surface area contributed by atoms with Crippen LogP contribution in [0.25, 0.3) is 22.4 Å². The Morgan fingerprint density at radius 1 is 1.04 bits per heavy atom. The van der Waals surface area contributed by atoms with Crippen molar-refractivity contribution in [2.45, 2.75) is 25.5 Å². The number of hydrogen-bond acceptors (Lipinski definition) is 4. The monoisotopic (exact) mass is 348 g/mol. The Morgan fingerprint density at radius 2 is 1.87 bits per heavy atom. The molecule has 1 unspecified atom stereocenters. The van der Waals surface area contributed by atoms with Gasteiger partial charge < -0.3 is 4.74 Å². The van der Waals surface area contributed by atoms with Gasteiger partial charge in [0.25, 0.3) is 0 Å². The van der Waals surface area contributed by atoms with E-state index in [0.717, 1.165) is 24.8 Å². The lowest BCUT2D eigenvalue weighted by molar-refractivity contribution is -0.0296. The third-order valence-electron chi connectivity index (χ3n) is 3.96. The Kier molecular flexibility index (Phi) is 3.93. The number of halogens is 2. The normalized spacial score (nSPS) is 18.4. The van der Waals surface area contributed by atoms with E-state index >= 15 is 0 Å². The second-order valence-electron chi connectivity index (χ2n) is 5.45. The number of nitrogens with zero attached hydrogens (tertiary/aromatic N) is 4. The molecule has 2 aromatic heterocycles. The van der Waals surface area contributed by atoms with E-state index in [2.05, 4.69) is 15.0 Å². The molecular weight excluding hydrogens is 335 g/mol. The highest BCUT2D eigenvalue weighted by molar-refractivity contribution is 6.30. The minimum Gasteiger partial charge on any atom is -0.358 e. The molecule has 23 heavy (non-hydrogen) atoms. The van der Waals surface area contributed by atoms with Crippen LogP contribution >= 0.6 is 23.2 Å². The summed E-state index contributed by atoms with van der Waals surface area (Å²) in [6.45, 7) is 0.713. The van der Waals surface area contributed by atoms with Crippen LogP contribution in [0.3, 0.4) is 0 Å². The molecule has 3 aromatic rings. The molecule has 3 heterocycles. The predicted octanol–water partition coefficient (Wildman–Crippen LogP) is 4.50. The summed E-state index contributed by atoms with van der Waals surface area (Å²) < 4.78 is 7.65. The van der Waals surface area contributed by atoms with Crippen molar-refractivity contribution < 1.29 is 4.74 Å². The minimum atomic E-state index is -0.157. The van der Waals surface area contributed by atoms with E-state index < -0.39 is 0 Å². The first-order valence-electron chi connectivity index (χ1n) is 7.52. The van der Waals surface area contributed by atoms with Gasteiger partial charge in [-0.1, -0.05) is 30.3 Å². The molecule has 0 N–H and O–H groups in total. The first-order chi connectivity index (χ1) is 11.2. The van der Waals surface area contributed by atoms with Crippen molar-refractivity contribution in [1.82, 2.24) is 19.5 Å². The number of benzene rings is 1. The standard InChI is InChI=1S/C16H14Cl2N4O/c17-15-19-12(10-6-2-1-3-7-10)13-14(21-15)22(16(18)20-13)11-8-4-5-9-23-11/h1-3,6-7,11H,4-5,8-9H2. The number of hydrogen-bond donors (Lipinski definition) is 0. The highest BCUT2D eigenvalue weighted by Gasteiger charge is 2.24. The predicted molar refractivity (Wildman–Crippen MR) is 89.6 cm³/mol. The average Bonchev–Trinajstić information content (AvgIpc) is 2.91. The maximum atomic E-state index is 6.37. The first kappa shape index (κ1) is 14.9. The van der Waals surface area contributed by atoms with Crippen LogP contribution in [0.4, 0.5) is 0 Å². The van der Waals surface area contributed by atoms with E-state index in [1.54, 1.807) is 0 Å². The lowest BCUT2D eigenvalue weighted by Gasteiger charge is -2.24. The summed E-state index contributed by atoms with van der Waals surface area (Å²) in [4.78, 5) is 13.2. The number of aromatic nitrogens is 4. The molecule has 7 heteroatoms. The lowest BCUT2D eigenvalue weighted by Crippen LogP contribution is -2.18. The van der Waals surface area contributed by atoms with Crippen molar-refractivity contribution in [3.63, 3.8) is 0 Å². The quantitative estimate of drug-likeness (QED) is 0.505. The van der Waals surface area contributed by atoms with Gasteiger partial charge in [0, 0.05) is 12.2 Å². The Hall–Kier alpha value is -1.69. The van der Waals surface area contributed by atoms with Gasteiger partial charge in [0.1, 0.15) is 17.4 Å². The molecule has 0 amide bonds. The van der Waals surface area contributed by atoms with Gasteiger partial charge in [-0.3, -0.25) is 4.57 Å². The molecular formula is C16H14Cl2N4O. The number of rotatable bonds is 2. The summed E-state index contributed by atoms with van der Waals surface area (Å²) in [6, 6.07) is 9.76. The van der Waals surface area contributed by atoms with E-state index in [4.69, 9.17) is 27.9 Å². The molecule has 1 saturated heterocycles. The molecule has 4 rings (SSSR count). The molecule has 1 aliphatic rings. The van der Waals surface area contributed by atoms with Crippen LogP contribution in [0.1, 0.15) is 25.5 Å². The summed E-state index contributed by atoms with van der Waals surface area (Å²) in [6.07, 6.45) is 2.88. The van der Waals surface area contributed by atoms with Gasteiger partial charge in [0.05, 0.1) is 0 Å². The van der Waals surface area contributed by atoms with E-state index in [-0.39, 0.29) is 11.5 Å². The Balaban J connectivity index is 1.93. The largest absolute Gasteiger partial charge is 0.358 e. The Labute approximate surface area is 143 Å². The fraction of sp³-hybridized carbons (Fsp3) is 0.312. The fourth-order valence-electron chi connectivity index (χ4n) is 2.90. The van der Waals surface area contributed by atoms with Crippen LogP contribution in [0.15, 0.2) is 30.3 Å². The molecule has 0 radical (unpaired) electrons. The SMILES string of the molecule is Clc1nc(-c2ccccc2)c2nc(Cl)n(C3CCCCO3)c2n1. The zero-order valence-corrected chi connectivity index (χ0v) is 13.8. The third-order valence-corrected chi connectivity index (χ3v) is 4.40. The van der Waals surface area contributed by atoms with Gasteiger partial charge in [-0.15, -0.1) is 0 Å². The second kappa shape index (κ2) is 6.07. The topological polar surface area (TPSA) is 52.8 Å². The van der Waals surface area contributed by atoms with Gasteiger partial charge in [-0.05, 0) is 42.5 Å². The highest BCUT2D eigenvalue weighted by atomic mass is 35.5. The minimum absolute atomic E-state index is 0.157. The zero-order chi connectivity index (χ0) is 15.8. The maximum Gasteiger partial charge on any atom is 0.225 e. The summed E-state index contributed by atoms with van der Waals surface area (Å²) in [5.41, 5.74) is 2.85. The van der Waals surface area contributed by atoms with Crippen LogP contribution in [-0.2, 0) is 4.74 Å². The molecule has 0 bridgehead atoms. The third kappa shape index (κ3) is 2.69. The summed E-state index contributed by atoms with van der Waals surface area (Å²) >= 11 is 12.5. The molecule has 0 saturated carbocycles. The molecule has 1 fully saturated rings. The van der Waals surface area contributed by atoms with Crippen molar-refractivity contribution in [2.75, 3.05) is 6.61 Å². The number of fused-ring (bicyclic) bond motifs is 1. The smallest absolute Gasteiger partial charge is 0.225 e. The summed E-state index contributed by atoms with van der Waals surface area (Å²) in [5, 5.41) is 0.519. The first-order valence-corrected chi connectivity index (χ1v) is 8.27. The average molecular weight is 349 g/mol. The molecule has 118 valence electrons. The maximum absolute atomic E-state index is 6.37. The van der Waals surface area contributed by atoms with Crippen molar-refractivity contribution in [2.24, 2.45) is 0 Å². The Bertz CT molecular complexity index is 844. The van der Waals surface area contributed by atoms with Crippen molar-refractivity contribution in [1.29, 1.82) is 0 Å². The van der Waals surface area contributed by atoms with Crippen molar-refractivity contribution in [3.05, 3.63) is 40.9 Å². The van der Waals surface area contributed by atoms with E-state index in [1.165, 1.54) is 0 Å². The fourth-order valence-corrected chi connectivity index (χ4v) is 3.34. The van der Waals surface area contributed by atoms with Crippen LogP contribution < -0.4 is 0 Å². The molecule has 0 aliphatic carbocycles. The van der Waals surface area contributed by atoms with Crippen LogP contribution in [0, 0.1) is 0 Å². The van der Waals surface area contributed by atoms with Crippen LogP contribution in [0.5, 0.6) is 0 Å². The van der Waals surface area contributed by atoms with E-state index in [1.807, 2.05) is 34.9 Å². The zero-order valence-electron chi connectivity index (χ0n) is 12.2. The Morgan fingerprint density at radius 3 is 2.61 bits per heavy atom. The van der Waals surface area contributed by atoms with Gasteiger partial charge >= 0.3 is 0 Å². The van der Waals surface area contributed by atoms with Crippen LogP contribution in [-0.4, -0.2) is 26.1 Å². The van der Waals surface area contributed by atoms with Gasteiger partial charge in [-0.2, -0.15) is 4.98 Å². The van der Waals surface area contributed by atoms with Crippen molar-refractivity contribution >= 4 is 34.4 Å². The number of ether oxygens (including phenoxy) is 1. The van der Waals surface area contributed by atoms with E-state index in [0.29, 0.717) is 28.7 Å². The molecule has 0 spiro atoms. The van der Waals surface area contributed by atoms with E-state index in [9.17, 15) is 0 Å². The molecule has 1 aliphatic heterocycles. The molecule has 5 nitrogen and oxygen atoms in total. The lowest BCUT2D eigenvalue weighted by atomic mass is 10.1. The summed E-state index contributed by atoms with van der Waals surface area (Å²) in [7, 11) is 0. The highest BCUT2D eigenvalue weighted by Crippen LogP contribution is 2.34. The van der Waals surface area contributed by atoms with Gasteiger partial charge in [0.2, 0.25) is 10.6 Å².